The van der Waals surface area contributed by atoms with Gasteiger partial charge in [-0.25, -0.2) is 4.52 Å². The maximum Gasteiger partial charge on any atom is 0.0662 e. The number of nitrogens with zero attached hydrogens (tertiary/aromatic N) is 2. The zero-order valence-corrected chi connectivity index (χ0v) is 9.17. The lowest BCUT2D eigenvalue weighted by atomic mass is 10.2. The summed E-state index contributed by atoms with van der Waals surface area (Å²) in [6, 6.07) is 15.9. The van der Waals surface area contributed by atoms with E-state index < -0.39 is 0 Å². The highest BCUT2D eigenvalue weighted by molar-refractivity contribution is 5.50. The molecule has 2 nitrogen and oxygen atoms in total. The summed E-state index contributed by atoms with van der Waals surface area (Å²) in [5.41, 5.74) is 3.06. The van der Waals surface area contributed by atoms with Crippen LogP contribution in [0.2, 0.25) is 0 Å². The summed E-state index contributed by atoms with van der Waals surface area (Å²) < 4.78 is 1.83. The molecule has 0 saturated heterocycles. The van der Waals surface area contributed by atoms with Crippen molar-refractivity contribution in [1.29, 1.82) is 0 Å². The first-order valence-corrected chi connectivity index (χ1v) is 5.42. The summed E-state index contributed by atoms with van der Waals surface area (Å²) in [7, 11) is 0. The maximum absolute atomic E-state index is 4.18. The molecule has 0 spiro atoms. The molecule has 2 heteroatoms. The molecule has 2 heterocycles. The molecule has 0 atom stereocenters. The summed E-state index contributed by atoms with van der Waals surface area (Å²) in [5.74, 6) is 6.26. The third kappa shape index (κ3) is 2.04. The normalized spacial score (nSPS) is 9.88. The second-order valence-electron chi connectivity index (χ2n) is 3.73. The van der Waals surface area contributed by atoms with Gasteiger partial charge in [0, 0.05) is 23.5 Å². The molecule has 80 valence electrons. The van der Waals surface area contributed by atoms with Crippen molar-refractivity contribution in [3.8, 4) is 11.8 Å². The molecular weight excluding hydrogens is 208 g/mol. The number of hydrogen-bond donors (Lipinski definition) is 0. The van der Waals surface area contributed by atoms with Gasteiger partial charge in [-0.2, -0.15) is 5.10 Å². The molecule has 0 fully saturated rings. The van der Waals surface area contributed by atoms with Gasteiger partial charge >= 0.3 is 0 Å². The summed E-state index contributed by atoms with van der Waals surface area (Å²) in [6.45, 7) is 0. The van der Waals surface area contributed by atoms with Crippen molar-refractivity contribution in [3.63, 3.8) is 0 Å². The second kappa shape index (κ2) is 4.15. The molecule has 3 aromatic rings. The average Bonchev–Trinajstić information content (AvgIpc) is 2.85. The van der Waals surface area contributed by atoms with E-state index in [9.17, 15) is 0 Å². The minimum atomic E-state index is 0.963. The lowest BCUT2D eigenvalue weighted by molar-refractivity contribution is 0.958. The fourth-order valence-electron chi connectivity index (χ4n) is 1.65. The molecule has 1 aromatic carbocycles. The monoisotopic (exact) mass is 218 g/mol. The van der Waals surface area contributed by atoms with Crippen LogP contribution in [0.4, 0.5) is 0 Å². The number of fused-ring (bicyclic) bond motifs is 1. The van der Waals surface area contributed by atoms with E-state index in [1.807, 2.05) is 59.2 Å². The summed E-state index contributed by atoms with van der Waals surface area (Å²) in [5, 5.41) is 4.18. The molecule has 17 heavy (non-hydrogen) atoms. The maximum atomic E-state index is 4.18. The van der Waals surface area contributed by atoms with Gasteiger partial charge in [-0.05, 0) is 30.3 Å². The van der Waals surface area contributed by atoms with Gasteiger partial charge < -0.3 is 0 Å². The van der Waals surface area contributed by atoms with E-state index in [4.69, 9.17) is 0 Å². The fourth-order valence-corrected chi connectivity index (χ4v) is 1.65. The SMILES string of the molecule is C(#Cc1ccc2ccnn2c1)c1ccccc1. The summed E-state index contributed by atoms with van der Waals surface area (Å²) >= 11 is 0. The molecule has 0 saturated carbocycles. The Balaban J connectivity index is 1.97. The van der Waals surface area contributed by atoms with Crippen LogP contribution in [-0.2, 0) is 0 Å². The van der Waals surface area contributed by atoms with Crippen LogP contribution in [-0.4, -0.2) is 9.61 Å². The Morgan fingerprint density at radius 3 is 2.53 bits per heavy atom. The molecule has 0 bridgehead atoms. The molecule has 0 amide bonds. The summed E-state index contributed by atoms with van der Waals surface area (Å²) in [4.78, 5) is 0. The van der Waals surface area contributed by atoms with Crippen molar-refractivity contribution in [1.82, 2.24) is 9.61 Å². The Morgan fingerprint density at radius 1 is 0.824 bits per heavy atom. The van der Waals surface area contributed by atoms with E-state index in [1.165, 1.54) is 0 Å². The van der Waals surface area contributed by atoms with E-state index in [1.54, 1.807) is 6.20 Å². The quantitative estimate of drug-likeness (QED) is 0.530. The lowest BCUT2D eigenvalue weighted by Crippen LogP contribution is -1.87. The van der Waals surface area contributed by atoms with Crippen LogP contribution in [0.25, 0.3) is 5.52 Å². The number of aromatic nitrogens is 2. The van der Waals surface area contributed by atoms with Crippen molar-refractivity contribution in [2.24, 2.45) is 0 Å². The molecular formula is C15H10N2. The van der Waals surface area contributed by atoms with Crippen LogP contribution in [0.1, 0.15) is 11.1 Å². The van der Waals surface area contributed by atoms with Crippen LogP contribution in [0.5, 0.6) is 0 Å². The van der Waals surface area contributed by atoms with Gasteiger partial charge in [0.2, 0.25) is 0 Å². The van der Waals surface area contributed by atoms with Crippen molar-refractivity contribution < 1.29 is 0 Å². The Bertz CT molecular complexity index is 700. The molecule has 3 rings (SSSR count). The van der Waals surface area contributed by atoms with Gasteiger partial charge in [-0.15, -0.1) is 0 Å². The first kappa shape index (κ1) is 9.68. The highest BCUT2D eigenvalue weighted by atomic mass is 15.2. The van der Waals surface area contributed by atoms with Gasteiger partial charge in [0.05, 0.1) is 5.52 Å². The molecule has 0 unspecified atom stereocenters. The third-order valence-electron chi connectivity index (χ3n) is 2.52. The Hall–Kier alpha value is -2.53. The van der Waals surface area contributed by atoms with Crippen LogP contribution in [0.15, 0.2) is 60.9 Å². The van der Waals surface area contributed by atoms with Gasteiger partial charge in [0.25, 0.3) is 0 Å². The van der Waals surface area contributed by atoms with E-state index >= 15 is 0 Å². The highest BCUT2D eigenvalue weighted by Crippen LogP contribution is 2.04. The lowest BCUT2D eigenvalue weighted by Gasteiger charge is -1.93. The molecule has 2 aromatic heterocycles. The standard InChI is InChI=1S/C15H10N2/c1-2-4-13(5-3-1)6-7-14-8-9-15-10-11-16-17(15)12-14/h1-5,8-12H. The Labute approximate surface area is 99.5 Å². The van der Waals surface area contributed by atoms with Crippen LogP contribution in [0.3, 0.4) is 0 Å². The highest BCUT2D eigenvalue weighted by Gasteiger charge is 1.93. The number of pyridine rings is 1. The minimum Gasteiger partial charge on any atom is -0.240 e. The van der Waals surface area contributed by atoms with Crippen molar-refractivity contribution in [2.45, 2.75) is 0 Å². The first-order valence-electron chi connectivity index (χ1n) is 5.42. The van der Waals surface area contributed by atoms with Crippen molar-refractivity contribution in [2.75, 3.05) is 0 Å². The van der Waals surface area contributed by atoms with Crippen molar-refractivity contribution >= 4 is 5.52 Å². The molecule has 0 radical (unpaired) electrons. The van der Waals surface area contributed by atoms with Crippen LogP contribution in [0, 0.1) is 11.8 Å². The van der Waals surface area contributed by atoms with Gasteiger partial charge in [0.1, 0.15) is 0 Å². The fraction of sp³-hybridized carbons (Fsp3) is 0. The van der Waals surface area contributed by atoms with Gasteiger partial charge in [-0.3, -0.25) is 0 Å². The minimum absolute atomic E-state index is 0.963. The second-order valence-corrected chi connectivity index (χ2v) is 3.73. The van der Waals surface area contributed by atoms with E-state index in [2.05, 4.69) is 16.9 Å². The zero-order valence-electron chi connectivity index (χ0n) is 9.17. The van der Waals surface area contributed by atoms with E-state index in [-0.39, 0.29) is 0 Å². The third-order valence-corrected chi connectivity index (χ3v) is 2.52. The largest absolute Gasteiger partial charge is 0.240 e. The summed E-state index contributed by atoms with van der Waals surface area (Å²) in [6.07, 6.45) is 3.72. The van der Waals surface area contributed by atoms with E-state index in [0.717, 1.165) is 16.6 Å². The predicted molar refractivity (Wildman–Crippen MR) is 67.6 cm³/mol. The van der Waals surface area contributed by atoms with E-state index in [0.29, 0.717) is 0 Å². The van der Waals surface area contributed by atoms with Crippen LogP contribution >= 0.6 is 0 Å². The smallest absolute Gasteiger partial charge is 0.0662 e. The number of benzene rings is 1. The van der Waals surface area contributed by atoms with Gasteiger partial charge in [-0.1, -0.05) is 30.0 Å². The molecule has 0 aliphatic rings. The Kier molecular flexibility index (Phi) is 2.36. The van der Waals surface area contributed by atoms with Crippen LogP contribution < -0.4 is 0 Å². The number of hydrogen-bond acceptors (Lipinski definition) is 1. The molecule has 0 aliphatic carbocycles. The number of rotatable bonds is 0. The Morgan fingerprint density at radius 2 is 1.65 bits per heavy atom. The van der Waals surface area contributed by atoms with Crippen molar-refractivity contribution in [3.05, 3.63) is 72.1 Å². The average molecular weight is 218 g/mol. The molecule has 0 aliphatic heterocycles. The molecule has 0 N–H and O–H groups in total. The van der Waals surface area contributed by atoms with Gasteiger partial charge in [0.15, 0.2) is 0 Å². The zero-order chi connectivity index (χ0) is 11.5. The predicted octanol–water partition coefficient (Wildman–Crippen LogP) is 2.73. The first-order chi connectivity index (χ1) is 8.42. The topological polar surface area (TPSA) is 17.3 Å².